The topological polar surface area (TPSA) is 99.1 Å². The van der Waals surface area contributed by atoms with Crippen molar-refractivity contribution in [3.05, 3.63) is 29.7 Å². The average Bonchev–Trinajstić information content (AvgIpc) is 2.75. The number of aromatic nitrogens is 3. The van der Waals surface area contributed by atoms with E-state index in [1.807, 2.05) is 13.8 Å². The van der Waals surface area contributed by atoms with Gasteiger partial charge in [-0.3, -0.25) is 0 Å². The fraction of sp³-hybridized carbons (Fsp3) is 0.417. The predicted molar refractivity (Wildman–Crippen MR) is 70.4 cm³/mol. The van der Waals surface area contributed by atoms with Crippen molar-refractivity contribution in [1.29, 1.82) is 0 Å². The van der Waals surface area contributed by atoms with Crippen LogP contribution < -0.4 is 11.1 Å². The number of hydrogen-bond acceptors (Lipinski definition) is 7. The van der Waals surface area contributed by atoms with Gasteiger partial charge in [0.05, 0.1) is 6.20 Å². The predicted octanol–water partition coefficient (Wildman–Crippen LogP) is 1.67. The van der Waals surface area contributed by atoms with E-state index in [1.54, 1.807) is 19.4 Å². The van der Waals surface area contributed by atoms with Gasteiger partial charge in [0.2, 0.25) is 5.89 Å². The second-order valence-corrected chi connectivity index (χ2v) is 4.20. The van der Waals surface area contributed by atoms with E-state index in [2.05, 4.69) is 20.3 Å². The summed E-state index contributed by atoms with van der Waals surface area (Å²) in [6.45, 7) is 4.09. The van der Waals surface area contributed by atoms with Crippen LogP contribution in [0.1, 0.15) is 30.4 Å². The summed E-state index contributed by atoms with van der Waals surface area (Å²) < 4.78 is 10.4. The van der Waals surface area contributed by atoms with Gasteiger partial charge in [-0.1, -0.05) is 0 Å². The Kier molecular flexibility index (Phi) is 3.96. The molecule has 0 radical (unpaired) electrons. The lowest BCUT2D eigenvalue weighted by Crippen LogP contribution is -2.11. The SMILES string of the molecule is COCc1nc(N)cc(NC(C)c2ncc(C)o2)n1. The number of nitrogen functional groups attached to an aromatic ring is 1. The van der Waals surface area contributed by atoms with Crippen LogP contribution in [0.15, 0.2) is 16.7 Å². The summed E-state index contributed by atoms with van der Waals surface area (Å²) in [6, 6.07) is 1.55. The molecule has 3 N–H and O–H groups in total. The molecular formula is C12H17N5O2. The fourth-order valence-corrected chi connectivity index (χ4v) is 1.64. The molecule has 0 saturated carbocycles. The molecule has 0 saturated heterocycles. The Hall–Kier alpha value is -2.15. The number of oxazole rings is 1. The van der Waals surface area contributed by atoms with Gasteiger partial charge in [0.1, 0.15) is 30.0 Å². The second-order valence-electron chi connectivity index (χ2n) is 4.20. The van der Waals surface area contributed by atoms with E-state index in [9.17, 15) is 0 Å². The van der Waals surface area contributed by atoms with E-state index in [0.717, 1.165) is 5.76 Å². The minimum atomic E-state index is -0.113. The Morgan fingerprint density at radius 1 is 1.47 bits per heavy atom. The van der Waals surface area contributed by atoms with Gasteiger partial charge >= 0.3 is 0 Å². The van der Waals surface area contributed by atoms with Crippen molar-refractivity contribution in [2.45, 2.75) is 26.5 Å². The smallest absolute Gasteiger partial charge is 0.216 e. The molecule has 0 bridgehead atoms. The van der Waals surface area contributed by atoms with Crippen LogP contribution in [0.25, 0.3) is 0 Å². The molecule has 0 aromatic carbocycles. The Bertz CT molecular complexity index is 555. The molecule has 1 unspecified atom stereocenters. The summed E-state index contributed by atoms with van der Waals surface area (Å²) in [4.78, 5) is 12.5. The molecule has 0 spiro atoms. The molecule has 0 amide bonds. The van der Waals surface area contributed by atoms with Crippen LogP contribution in [0.5, 0.6) is 0 Å². The van der Waals surface area contributed by atoms with Gasteiger partial charge in [0, 0.05) is 13.2 Å². The molecule has 102 valence electrons. The summed E-state index contributed by atoms with van der Waals surface area (Å²) in [7, 11) is 1.58. The monoisotopic (exact) mass is 263 g/mol. The zero-order valence-corrected chi connectivity index (χ0v) is 11.2. The zero-order valence-electron chi connectivity index (χ0n) is 11.2. The number of rotatable bonds is 5. The largest absolute Gasteiger partial charge is 0.444 e. The first-order valence-corrected chi connectivity index (χ1v) is 5.89. The Morgan fingerprint density at radius 3 is 2.89 bits per heavy atom. The molecular weight excluding hydrogens is 246 g/mol. The molecule has 7 heteroatoms. The molecule has 7 nitrogen and oxygen atoms in total. The number of aryl methyl sites for hydroxylation is 1. The highest BCUT2D eigenvalue weighted by atomic mass is 16.5. The van der Waals surface area contributed by atoms with Crippen molar-refractivity contribution in [2.24, 2.45) is 0 Å². The zero-order chi connectivity index (χ0) is 13.8. The van der Waals surface area contributed by atoms with Crippen molar-refractivity contribution in [3.8, 4) is 0 Å². The summed E-state index contributed by atoms with van der Waals surface area (Å²) in [5, 5.41) is 3.17. The summed E-state index contributed by atoms with van der Waals surface area (Å²) in [6.07, 6.45) is 1.68. The van der Waals surface area contributed by atoms with Crippen molar-refractivity contribution in [3.63, 3.8) is 0 Å². The standard InChI is InChI=1S/C12H17N5O2/c1-7-5-14-12(19-7)8(2)15-10-4-9(13)16-11(17-10)6-18-3/h4-5,8H,6H2,1-3H3,(H3,13,15,16,17). The van der Waals surface area contributed by atoms with Crippen LogP contribution in [0.3, 0.4) is 0 Å². The van der Waals surface area contributed by atoms with Crippen molar-refractivity contribution in [1.82, 2.24) is 15.0 Å². The Balaban J connectivity index is 2.14. The third-order valence-corrected chi connectivity index (χ3v) is 2.44. The number of methoxy groups -OCH3 is 1. The molecule has 0 aliphatic rings. The number of nitrogens with zero attached hydrogens (tertiary/aromatic N) is 3. The van der Waals surface area contributed by atoms with Crippen LogP contribution in [0.2, 0.25) is 0 Å². The van der Waals surface area contributed by atoms with E-state index in [1.165, 1.54) is 0 Å². The third kappa shape index (κ3) is 3.41. The summed E-state index contributed by atoms with van der Waals surface area (Å²) in [5.74, 6) is 2.90. The highest BCUT2D eigenvalue weighted by Gasteiger charge is 2.12. The van der Waals surface area contributed by atoms with Gasteiger partial charge in [-0.15, -0.1) is 0 Å². The van der Waals surface area contributed by atoms with E-state index in [0.29, 0.717) is 30.0 Å². The lowest BCUT2D eigenvalue weighted by Gasteiger charge is -2.12. The molecule has 0 fully saturated rings. The summed E-state index contributed by atoms with van der Waals surface area (Å²) >= 11 is 0. The normalized spacial score (nSPS) is 12.4. The first kappa shape index (κ1) is 13.3. The van der Waals surface area contributed by atoms with Crippen LogP contribution in [-0.4, -0.2) is 22.1 Å². The first-order valence-electron chi connectivity index (χ1n) is 5.89. The van der Waals surface area contributed by atoms with E-state index in [4.69, 9.17) is 14.9 Å². The van der Waals surface area contributed by atoms with Crippen molar-refractivity contribution >= 4 is 11.6 Å². The van der Waals surface area contributed by atoms with Crippen LogP contribution in [0.4, 0.5) is 11.6 Å². The van der Waals surface area contributed by atoms with Crippen molar-refractivity contribution in [2.75, 3.05) is 18.2 Å². The quantitative estimate of drug-likeness (QED) is 0.846. The number of nitrogens with one attached hydrogen (secondary N) is 1. The lowest BCUT2D eigenvalue weighted by molar-refractivity contribution is 0.178. The molecule has 2 aromatic rings. The molecule has 19 heavy (non-hydrogen) atoms. The van der Waals surface area contributed by atoms with E-state index >= 15 is 0 Å². The Labute approximate surface area is 111 Å². The maximum Gasteiger partial charge on any atom is 0.216 e. The molecule has 2 rings (SSSR count). The minimum Gasteiger partial charge on any atom is -0.444 e. The van der Waals surface area contributed by atoms with E-state index in [-0.39, 0.29) is 6.04 Å². The molecule has 0 aliphatic heterocycles. The van der Waals surface area contributed by atoms with Crippen LogP contribution in [-0.2, 0) is 11.3 Å². The van der Waals surface area contributed by atoms with Gasteiger partial charge < -0.3 is 20.2 Å². The first-order chi connectivity index (χ1) is 9.08. The van der Waals surface area contributed by atoms with Gasteiger partial charge in [-0.05, 0) is 13.8 Å². The Morgan fingerprint density at radius 2 is 2.26 bits per heavy atom. The molecule has 2 heterocycles. The van der Waals surface area contributed by atoms with Gasteiger partial charge in [-0.2, -0.15) is 0 Å². The number of hydrogen-bond donors (Lipinski definition) is 2. The van der Waals surface area contributed by atoms with Gasteiger partial charge in [0.15, 0.2) is 5.82 Å². The third-order valence-electron chi connectivity index (χ3n) is 2.44. The molecule has 0 aliphatic carbocycles. The highest BCUT2D eigenvalue weighted by Crippen LogP contribution is 2.18. The number of anilines is 2. The highest BCUT2D eigenvalue weighted by molar-refractivity contribution is 5.45. The molecule has 2 aromatic heterocycles. The second kappa shape index (κ2) is 5.66. The van der Waals surface area contributed by atoms with Crippen molar-refractivity contribution < 1.29 is 9.15 Å². The van der Waals surface area contributed by atoms with Gasteiger partial charge in [0.25, 0.3) is 0 Å². The summed E-state index contributed by atoms with van der Waals surface area (Å²) in [5.41, 5.74) is 5.72. The van der Waals surface area contributed by atoms with Crippen LogP contribution in [0, 0.1) is 6.92 Å². The van der Waals surface area contributed by atoms with Gasteiger partial charge in [-0.25, -0.2) is 15.0 Å². The fourth-order valence-electron chi connectivity index (χ4n) is 1.64. The number of ether oxygens (including phenoxy) is 1. The average molecular weight is 263 g/mol. The van der Waals surface area contributed by atoms with Crippen LogP contribution >= 0.6 is 0 Å². The number of nitrogens with two attached hydrogens (primary N) is 1. The maximum absolute atomic E-state index is 5.72. The minimum absolute atomic E-state index is 0.113. The maximum atomic E-state index is 5.72. The van der Waals surface area contributed by atoms with E-state index < -0.39 is 0 Å². The molecule has 1 atom stereocenters. The lowest BCUT2D eigenvalue weighted by atomic mass is 10.3.